The minimum atomic E-state index is -3.30. The van der Waals surface area contributed by atoms with E-state index in [1.165, 1.54) is 19.2 Å². The molecule has 0 saturated heterocycles. The molecule has 0 aliphatic carbocycles. The molecule has 8 heteroatoms. The van der Waals surface area contributed by atoms with E-state index in [1.807, 2.05) is 0 Å². The first-order valence-electron chi connectivity index (χ1n) is 5.37. The van der Waals surface area contributed by atoms with E-state index in [-0.39, 0.29) is 11.4 Å². The molecule has 2 rings (SSSR count). The van der Waals surface area contributed by atoms with Crippen LogP contribution >= 0.6 is 0 Å². The molecule has 0 unspecified atom stereocenters. The Morgan fingerprint density at radius 3 is 2.68 bits per heavy atom. The summed E-state index contributed by atoms with van der Waals surface area (Å²) < 4.78 is 33.0. The lowest BCUT2D eigenvalue weighted by Gasteiger charge is -2.07. The van der Waals surface area contributed by atoms with Gasteiger partial charge in [-0.1, -0.05) is 5.16 Å². The molecule has 0 spiro atoms. The molecule has 1 aromatic carbocycles. The van der Waals surface area contributed by atoms with Crippen molar-refractivity contribution in [2.75, 3.05) is 13.4 Å². The van der Waals surface area contributed by atoms with Crippen molar-refractivity contribution in [1.29, 1.82) is 0 Å². The fourth-order valence-corrected chi connectivity index (χ4v) is 2.17. The molecule has 7 nitrogen and oxygen atoms in total. The third kappa shape index (κ3) is 2.74. The number of ether oxygens (including phenoxy) is 1. The van der Waals surface area contributed by atoms with Crippen molar-refractivity contribution in [2.24, 2.45) is 5.73 Å². The first-order chi connectivity index (χ1) is 8.95. The molecule has 0 aliphatic heterocycles. The highest BCUT2D eigenvalue weighted by molar-refractivity contribution is 7.90. The number of methoxy groups -OCH3 is 1. The number of hydrogen-bond acceptors (Lipinski definition) is 7. The zero-order valence-corrected chi connectivity index (χ0v) is 11.3. The Balaban J connectivity index is 2.52. The molecule has 1 aromatic heterocycles. The van der Waals surface area contributed by atoms with Gasteiger partial charge in [0.25, 0.3) is 0 Å². The van der Waals surface area contributed by atoms with Gasteiger partial charge in [-0.05, 0) is 18.2 Å². The number of benzene rings is 1. The lowest BCUT2D eigenvalue weighted by molar-refractivity contribution is 0.379. The van der Waals surface area contributed by atoms with Crippen LogP contribution in [0.4, 0.5) is 0 Å². The summed E-state index contributed by atoms with van der Waals surface area (Å²) in [6.45, 7) is 0.136. The van der Waals surface area contributed by atoms with Gasteiger partial charge in [-0.15, -0.1) is 0 Å². The average Bonchev–Trinajstić information content (AvgIpc) is 2.85. The number of nitrogens with two attached hydrogens (primary N) is 1. The van der Waals surface area contributed by atoms with E-state index in [9.17, 15) is 8.42 Å². The predicted octanol–water partition coefficient (Wildman–Crippen LogP) is 0.607. The Labute approximate surface area is 110 Å². The average molecular weight is 283 g/mol. The summed E-state index contributed by atoms with van der Waals surface area (Å²) in [4.78, 5) is 4.23. The smallest absolute Gasteiger partial charge is 0.240 e. The number of aromatic nitrogens is 2. The highest BCUT2D eigenvalue weighted by Crippen LogP contribution is 2.30. The second kappa shape index (κ2) is 4.98. The molecule has 2 aromatic rings. The highest BCUT2D eigenvalue weighted by Gasteiger charge is 2.16. The van der Waals surface area contributed by atoms with Gasteiger partial charge in [-0.2, -0.15) is 4.98 Å². The van der Waals surface area contributed by atoms with E-state index in [4.69, 9.17) is 15.0 Å². The van der Waals surface area contributed by atoms with Gasteiger partial charge < -0.3 is 15.0 Å². The molecule has 0 fully saturated rings. The Bertz CT molecular complexity index is 694. The van der Waals surface area contributed by atoms with Crippen LogP contribution in [-0.4, -0.2) is 31.9 Å². The Morgan fingerprint density at radius 2 is 2.16 bits per heavy atom. The van der Waals surface area contributed by atoms with Crippen molar-refractivity contribution in [3.8, 4) is 17.1 Å². The van der Waals surface area contributed by atoms with E-state index in [1.54, 1.807) is 6.07 Å². The van der Waals surface area contributed by atoms with Gasteiger partial charge >= 0.3 is 0 Å². The largest absolute Gasteiger partial charge is 0.496 e. The van der Waals surface area contributed by atoms with Crippen LogP contribution in [0.2, 0.25) is 0 Å². The van der Waals surface area contributed by atoms with Crippen molar-refractivity contribution in [3.05, 3.63) is 24.1 Å². The lowest BCUT2D eigenvalue weighted by atomic mass is 10.2. The van der Waals surface area contributed by atoms with E-state index in [2.05, 4.69) is 10.1 Å². The van der Waals surface area contributed by atoms with Crippen molar-refractivity contribution in [3.63, 3.8) is 0 Å². The first kappa shape index (κ1) is 13.5. The number of rotatable bonds is 4. The molecule has 1 heterocycles. The van der Waals surface area contributed by atoms with Crippen LogP contribution in [-0.2, 0) is 16.4 Å². The molecule has 0 radical (unpaired) electrons. The fraction of sp³-hybridized carbons (Fsp3) is 0.273. The van der Waals surface area contributed by atoms with Crippen molar-refractivity contribution < 1.29 is 17.7 Å². The van der Waals surface area contributed by atoms with E-state index in [0.717, 1.165) is 6.26 Å². The second-order valence-corrected chi connectivity index (χ2v) is 5.87. The number of nitrogens with zero attached hydrogens (tertiary/aromatic N) is 2. The Morgan fingerprint density at radius 1 is 1.42 bits per heavy atom. The third-order valence-corrected chi connectivity index (χ3v) is 3.59. The fourth-order valence-electron chi connectivity index (χ4n) is 1.53. The van der Waals surface area contributed by atoms with Crippen LogP contribution in [0.3, 0.4) is 0 Å². The highest BCUT2D eigenvalue weighted by atomic mass is 32.2. The van der Waals surface area contributed by atoms with Gasteiger partial charge in [-0.25, -0.2) is 8.42 Å². The van der Waals surface area contributed by atoms with E-state index < -0.39 is 9.84 Å². The Hall–Kier alpha value is -1.93. The molecular formula is C11H13N3O4S. The summed E-state index contributed by atoms with van der Waals surface area (Å²) in [7, 11) is -1.86. The summed E-state index contributed by atoms with van der Waals surface area (Å²) in [5.74, 6) is 0.953. The van der Waals surface area contributed by atoms with Gasteiger partial charge in [0.1, 0.15) is 5.75 Å². The summed E-state index contributed by atoms with van der Waals surface area (Å²) >= 11 is 0. The van der Waals surface area contributed by atoms with Crippen LogP contribution in [0.15, 0.2) is 27.6 Å². The lowest BCUT2D eigenvalue weighted by Crippen LogP contribution is -1.99. The molecule has 102 valence electrons. The number of hydrogen-bond donors (Lipinski definition) is 1. The van der Waals surface area contributed by atoms with E-state index in [0.29, 0.717) is 23.0 Å². The molecule has 19 heavy (non-hydrogen) atoms. The summed E-state index contributed by atoms with van der Waals surface area (Å²) in [6.07, 6.45) is 1.13. The van der Waals surface area contributed by atoms with Gasteiger partial charge in [0.05, 0.1) is 24.1 Å². The molecule has 0 saturated carbocycles. The first-order valence-corrected chi connectivity index (χ1v) is 7.26. The van der Waals surface area contributed by atoms with Gasteiger partial charge in [0, 0.05) is 6.26 Å². The second-order valence-electron chi connectivity index (χ2n) is 3.85. The van der Waals surface area contributed by atoms with E-state index >= 15 is 0 Å². The minimum Gasteiger partial charge on any atom is -0.496 e. The summed E-state index contributed by atoms with van der Waals surface area (Å²) in [6, 6.07) is 4.45. The zero-order valence-electron chi connectivity index (χ0n) is 10.5. The van der Waals surface area contributed by atoms with Gasteiger partial charge in [-0.3, -0.25) is 0 Å². The summed E-state index contributed by atoms with van der Waals surface area (Å²) in [5.41, 5.74) is 5.93. The van der Waals surface area contributed by atoms with Crippen LogP contribution in [0.5, 0.6) is 5.75 Å². The summed E-state index contributed by atoms with van der Waals surface area (Å²) in [5, 5.41) is 3.76. The quantitative estimate of drug-likeness (QED) is 0.875. The molecule has 0 atom stereocenters. The van der Waals surface area contributed by atoms with Crippen molar-refractivity contribution in [2.45, 2.75) is 11.4 Å². The molecule has 0 amide bonds. The van der Waals surface area contributed by atoms with Crippen LogP contribution in [0.25, 0.3) is 11.4 Å². The maximum atomic E-state index is 11.5. The topological polar surface area (TPSA) is 108 Å². The van der Waals surface area contributed by atoms with Gasteiger partial charge in [0.2, 0.25) is 11.7 Å². The predicted molar refractivity (Wildman–Crippen MR) is 67.3 cm³/mol. The van der Waals surface area contributed by atoms with Crippen LogP contribution in [0.1, 0.15) is 5.89 Å². The Kier molecular flexibility index (Phi) is 3.54. The maximum Gasteiger partial charge on any atom is 0.240 e. The van der Waals surface area contributed by atoms with Crippen LogP contribution < -0.4 is 10.5 Å². The third-order valence-electron chi connectivity index (χ3n) is 2.48. The van der Waals surface area contributed by atoms with Crippen molar-refractivity contribution >= 4 is 9.84 Å². The molecule has 0 aliphatic rings. The minimum absolute atomic E-state index is 0.136. The normalized spacial score (nSPS) is 11.5. The number of sulfone groups is 1. The van der Waals surface area contributed by atoms with Gasteiger partial charge in [0.15, 0.2) is 9.84 Å². The monoisotopic (exact) mass is 283 g/mol. The molecule has 2 N–H and O–H groups in total. The maximum absolute atomic E-state index is 11.5. The van der Waals surface area contributed by atoms with Crippen LogP contribution in [0, 0.1) is 0 Å². The standard InChI is InChI=1S/C11H13N3O4S/c1-17-9-5-7(19(2,15)16)3-4-8(9)11-13-10(6-12)18-14-11/h3-5H,6,12H2,1-2H3. The SMILES string of the molecule is COc1cc(S(C)(=O)=O)ccc1-c1noc(CN)n1. The molecule has 0 bridgehead atoms. The van der Waals surface area contributed by atoms with Crippen molar-refractivity contribution in [1.82, 2.24) is 10.1 Å². The zero-order chi connectivity index (χ0) is 14.0. The molecular weight excluding hydrogens is 270 g/mol.